The topological polar surface area (TPSA) is 116 Å². The summed E-state index contributed by atoms with van der Waals surface area (Å²) in [6.07, 6.45) is 2.40. The Labute approximate surface area is 225 Å². The summed E-state index contributed by atoms with van der Waals surface area (Å²) >= 11 is 0. The number of nitrogens with one attached hydrogen (secondary N) is 4. The Kier molecular flexibility index (Phi) is 8.97. The van der Waals surface area contributed by atoms with Gasteiger partial charge in [0.25, 0.3) is 11.8 Å². The third-order valence-electron chi connectivity index (χ3n) is 6.23. The molecular formula is C30H40N4O4. The van der Waals surface area contributed by atoms with Crippen LogP contribution in [0.15, 0.2) is 48.5 Å². The number of carbonyl (C=O) groups is 4. The third-order valence-corrected chi connectivity index (χ3v) is 6.23. The lowest BCUT2D eigenvalue weighted by Crippen LogP contribution is -2.40. The van der Waals surface area contributed by atoms with E-state index in [9.17, 15) is 19.2 Å². The van der Waals surface area contributed by atoms with Gasteiger partial charge in [-0.25, -0.2) is 0 Å². The van der Waals surface area contributed by atoms with Crippen molar-refractivity contribution in [2.24, 2.45) is 11.8 Å². The molecule has 0 heterocycles. The van der Waals surface area contributed by atoms with Crippen molar-refractivity contribution in [2.75, 3.05) is 10.6 Å². The summed E-state index contributed by atoms with van der Waals surface area (Å²) in [5.41, 5.74) is 1.41. The monoisotopic (exact) mass is 520 g/mol. The molecule has 0 bridgehead atoms. The molecule has 0 atom stereocenters. The second kappa shape index (κ2) is 11.8. The lowest BCUT2D eigenvalue weighted by molar-refractivity contribution is -0.125. The molecular weight excluding hydrogens is 480 g/mol. The number of benzene rings is 2. The minimum atomic E-state index is -0.356. The maximum atomic E-state index is 12.9. The zero-order valence-electron chi connectivity index (χ0n) is 23.2. The van der Waals surface area contributed by atoms with Crippen LogP contribution in [0.1, 0.15) is 87.9 Å². The number of anilines is 2. The van der Waals surface area contributed by atoms with Gasteiger partial charge in [0.2, 0.25) is 11.8 Å². The Hall–Kier alpha value is -3.68. The number of hydrogen-bond donors (Lipinski definition) is 4. The Balaban J connectivity index is 1.52. The van der Waals surface area contributed by atoms with Gasteiger partial charge < -0.3 is 21.3 Å². The van der Waals surface area contributed by atoms with Crippen molar-refractivity contribution >= 4 is 35.0 Å². The molecule has 1 saturated carbocycles. The molecule has 1 aliphatic rings. The molecule has 0 aromatic heterocycles. The van der Waals surface area contributed by atoms with Crippen LogP contribution in [-0.4, -0.2) is 34.7 Å². The van der Waals surface area contributed by atoms with Gasteiger partial charge in [-0.3, -0.25) is 19.2 Å². The maximum Gasteiger partial charge on any atom is 0.251 e. The Morgan fingerprint density at radius 1 is 0.605 bits per heavy atom. The average molecular weight is 521 g/mol. The minimum absolute atomic E-state index is 0.102. The highest BCUT2D eigenvalue weighted by Crippen LogP contribution is 2.31. The number of hydrogen-bond acceptors (Lipinski definition) is 4. The van der Waals surface area contributed by atoms with Crippen LogP contribution in [0.2, 0.25) is 0 Å². The molecule has 2 aromatic rings. The van der Waals surface area contributed by atoms with E-state index < -0.39 is 0 Å². The molecule has 1 fully saturated rings. The second-order valence-electron chi connectivity index (χ2n) is 12.1. The molecule has 8 heteroatoms. The molecule has 4 N–H and O–H groups in total. The quantitative estimate of drug-likeness (QED) is 0.423. The summed E-state index contributed by atoms with van der Waals surface area (Å²) in [6.45, 7) is 11.5. The van der Waals surface area contributed by atoms with Gasteiger partial charge in [0.15, 0.2) is 0 Å². The number of rotatable bonds is 6. The van der Waals surface area contributed by atoms with Crippen molar-refractivity contribution in [1.82, 2.24) is 10.6 Å². The van der Waals surface area contributed by atoms with Crippen LogP contribution in [0.3, 0.4) is 0 Å². The Morgan fingerprint density at radius 3 is 1.26 bits per heavy atom. The molecule has 2 aromatic carbocycles. The largest absolute Gasteiger partial charge is 0.347 e. The third kappa shape index (κ3) is 8.71. The maximum absolute atomic E-state index is 12.9. The van der Waals surface area contributed by atoms with Crippen LogP contribution in [0.4, 0.5) is 11.4 Å². The minimum Gasteiger partial charge on any atom is -0.347 e. The van der Waals surface area contributed by atoms with E-state index in [0.717, 1.165) is 0 Å². The molecule has 8 nitrogen and oxygen atoms in total. The molecule has 0 unspecified atom stereocenters. The average Bonchev–Trinajstić information content (AvgIpc) is 2.82. The molecule has 0 aliphatic heterocycles. The van der Waals surface area contributed by atoms with Crippen LogP contribution in [0.5, 0.6) is 0 Å². The smallest absolute Gasteiger partial charge is 0.251 e. The first-order valence-electron chi connectivity index (χ1n) is 13.2. The van der Waals surface area contributed by atoms with Gasteiger partial charge in [0.1, 0.15) is 0 Å². The summed E-state index contributed by atoms with van der Waals surface area (Å²) < 4.78 is 0. The second-order valence-corrected chi connectivity index (χ2v) is 12.1. The van der Waals surface area contributed by atoms with Gasteiger partial charge in [-0.2, -0.15) is 0 Å². The van der Waals surface area contributed by atoms with Crippen LogP contribution >= 0.6 is 0 Å². The first-order chi connectivity index (χ1) is 17.7. The summed E-state index contributed by atoms with van der Waals surface area (Å²) in [6, 6.07) is 13.8. The predicted octanol–water partition coefficient (Wildman–Crippen LogP) is 5.13. The first-order valence-corrected chi connectivity index (χ1v) is 13.2. The lowest BCUT2D eigenvalue weighted by atomic mass is 9.81. The highest BCUT2D eigenvalue weighted by atomic mass is 16.2. The standard InChI is InChI=1S/C30H40N4O4/c1-29(2,3)33-27(37)21-9-7-11-23(17-21)31-25(35)19-13-15-20(16-14-19)26(36)32-24-12-8-10-22(18-24)28(38)34-30(4,5)6/h7-12,17-20H,13-16H2,1-6H3,(H,31,35)(H,32,36)(H,33,37)(H,34,38). The molecule has 0 saturated heterocycles. The molecule has 38 heavy (non-hydrogen) atoms. The van der Waals surface area contributed by atoms with Crippen molar-refractivity contribution < 1.29 is 19.2 Å². The van der Waals surface area contributed by atoms with Crippen molar-refractivity contribution in [3.05, 3.63) is 59.7 Å². The highest BCUT2D eigenvalue weighted by Gasteiger charge is 2.30. The van der Waals surface area contributed by atoms with E-state index in [1.54, 1.807) is 48.5 Å². The fourth-order valence-corrected chi connectivity index (χ4v) is 4.41. The molecule has 1 aliphatic carbocycles. The summed E-state index contributed by atoms with van der Waals surface area (Å²) in [7, 11) is 0. The highest BCUT2D eigenvalue weighted by molar-refractivity contribution is 5.99. The summed E-state index contributed by atoms with van der Waals surface area (Å²) in [4.78, 5) is 50.7. The van der Waals surface area contributed by atoms with Crippen molar-refractivity contribution in [3.63, 3.8) is 0 Å². The fourth-order valence-electron chi connectivity index (χ4n) is 4.41. The van der Waals surface area contributed by atoms with Gasteiger partial charge in [0.05, 0.1) is 0 Å². The van der Waals surface area contributed by atoms with Crippen molar-refractivity contribution in [2.45, 2.75) is 78.3 Å². The van der Waals surface area contributed by atoms with E-state index in [2.05, 4.69) is 21.3 Å². The van der Waals surface area contributed by atoms with Gasteiger partial charge in [-0.15, -0.1) is 0 Å². The molecule has 204 valence electrons. The van der Waals surface area contributed by atoms with Gasteiger partial charge >= 0.3 is 0 Å². The lowest BCUT2D eigenvalue weighted by Gasteiger charge is -2.27. The molecule has 4 amide bonds. The van der Waals surface area contributed by atoms with E-state index >= 15 is 0 Å². The zero-order chi connectivity index (χ0) is 28.1. The number of carbonyl (C=O) groups excluding carboxylic acids is 4. The van der Waals surface area contributed by atoms with E-state index in [-0.39, 0.29) is 46.5 Å². The number of amides is 4. The molecule has 0 spiro atoms. The van der Waals surface area contributed by atoms with Crippen molar-refractivity contribution in [1.29, 1.82) is 0 Å². The molecule has 0 radical (unpaired) electrons. The summed E-state index contributed by atoms with van der Waals surface area (Å²) in [5.74, 6) is -0.989. The Morgan fingerprint density at radius 2 is 0.947 bits per heavy atom. The zero-order valence-corrected chi connectivity index (χ0v) is 23.2. The van der Waals surface area contributed by atoms with E-state index in [0.29, 0.717) is 48.2 Å². The van der Waals surface area contributed by atoms with Gasteiger partial charge in [-0.05, 0) is 104 Å². The van der Waals surface area contributed by atoms with Crippen molar-refractivity contribution in [3.8, 4) is 0 Å². The van der Waals surface area contributed by atoms with Crippen LogP contribution < -0.4 is 21.3 Å². The normalized spacial score (nSPS) is 17.7. The predicted molar refractivity (Wildman–Crippen MR) is 150 cm³/mol. The van der Waals surface area contributed by atoms with E-state index in [1.165, 1.54) is 0 Å². The van der Waals surface area contributed by atoms with Crippen LogP contribution in [-0.2, 0) is 9.59 Å². The molecule has 3 rings (SSSR count). The SMILES string of the molecule is CC(C)(C)NC(=O)c1cccc(NC(=O)C2CCC(C(=O)Nc3cccc(C(=O)NC(C)(C)C)c3)CC2)c1. The summed E-state index contributed by atoms with van der Waals surface area (Å²) in [5, 5.41) is 11.7. The van der Waals surface area contributed by atoms with Gasteiger partial charge in [0, 0.05) is 45.4 Å². The van der Waals surface area contributed by atoms with Crippen LogP contribution in [0.25, 0.3) is 0 Å². The van der Waals surface area contributed by atoms with Crippen LogP contribution in [0, 0.1) is 11.8 Å². The van der Waals surface area contributed by atoms with E-state index in [4.69, 9.17) is 0 Å². The first kappa shape index (κ1) is 28.9. The fraction of sp³-hybridized carbons (Fsp3) is 0.467. The van der Waals surface area contributed by atoms with E-state index in [1.807, 2.05) is 41.5 Å². The Bertz CT molecular complexity index is 1090. The van der Waals surface area contributed by atoms with Gasteiger partial charge in [-0.1, -0.05) is 12.1 Å².